The molecule has 1 aromatic heterocycles. The van der Waals surface area contributed by atoms with Gasteiger partial charge in [0.05, 0.1) is 5.69 Å². The monoisotopic (exact) mass is 218 g/mol. The Kier molecular flexibility index (Phi) is 3.46. The molecule has 0 radical (unpaired) electrons. The molecule has 0 aliphatic heterocycles. The third-order valence-corrected chi connectivity index (χ3v) is 2.41. The lowest BCUT2D eigenvalue weighted by atomic mass is 10.1. The van der Waals surface area contributed by atoms with Gasteiger partial charge < -0.3 is 5.73 Å². The molecule has 0 unspecified atom stereocenters. The van der Waals surface area contributed by atoms with Gasteiger partial charge in [-0.25, -0.2) is 0 Å². The minimum absolute atomic E-state index is 0.0538. The number of hydrogen-bond acceptors (Lipinski definition) is 3. The molecule has 1 amide bonds. The van der Waals surface area contributed by atoms with E-state index in [1.807, 2.05) is 25.5 Å². The van der Waals surface area contributed by atoms with Gasteiger partial charge in [-0.3, -0.25) is 9.48 Å². The van der Waals surface area contributed by atoms with Crippen LogP contribution in [0.25, 0.3) is 6.08 Å². The summed E-state index contributed by atoms with van der Waals surface area (Å²) in [5.41, 5.74) is 7.52. The largest absolute Gasteiger partial charge is 0.365 e. The number of rotatable bonds is 3. The maximum Gasteiger partial charge on any atom is 0.259 e. The summed E-state index contributed by atoms with van der Waals surface area (Å²) < 4.78 is 1.82. The van der Waals surface area contributed by atoms with Crippen LogP contribution in [0, 0.1) is 25.2 Å². The van der Waals surface area contributed by atoms with Gasteiger partial charge in [0.25, 0.3) is 5.91 Å². The summed E-state index contributed by atoms with van der Waals surface area (Å²) in [7, 11) is 0. The Morgan fingerprint density at radius 2 is 2.25 bits per heavy atom. The Morgan fingerprint density at radius 1 is 1.62 bits per heavy atom. The predicted molar refractivity (Wildman–Crippen MR) is 60.2 cm³/mol. The zero-order valence-corrected chi connectivity index (χ0v) is 9.61. The van der Waals surface area contributed by atoms with E-state index in [1.54, 1.807) is 6.07 Å². The smallest absolute Gasteiger partial charge is 0.259 e. The van der Waals surface area contributed by atoms with E-state index in [9.17, 15) is 4.79 Å². The minimum atomic E-state index is -0.717. The molecule has 1 heterocycles. The maximum atomic E-state index is 10.9. The zero-order chi connectivity index (χ0) is 12.3. The van der Waals surface area contributed by atoms with Gasteiger partial charge in [0, 0.05) is 17.8 Å². The third-order valence-electron chi connectivity index (χ3n) is 2.41. The van der Waals surface area contributed by atoms with Crippen molar-refractivity contribution < 1.29 is 4.79 Å². The van der Waals surface area contributed by atoms with E-state index >= 15 is 0 Å². The Hall–Kier alpha value is -2.09. The highest BCUT2D eigenvalue weighted by molar-refractivity contribution is 6.00. The van der Waals surface area contributed by atoms with Crippen molar-refractivity contribution in [1.82, 2.24) is 9.78 Å². The predicted octanol–water partition coefficient (Wildman–Crippen LogP) is 0.912. The number of amides is 1. The van der Waals surface area contributed by atoms with Crippen LogP contribution in [-0.4, -0.2) is 15.7 Å². The Morgan fingerprint density at radius 3 is 2.62 bits per heavy atom. The topological polar surface area (TPSA) is 84.7 Å². The highest BCUT2D eigenvalue weighted by Crippen LogP contribution is 2.16. The first-order chi connectivity index (χ1) is 7.51. The second-order valence-electron chi connectivity index (χ2n) is 3.43. The van der Waals surface area contributed by atoms with Gasteiger partial charge in [0.15, 0.2) is 0 Å². The molecule has 0 aliphatic rings. The highest BCUT2D eigenvalue weighted by atomic mass is 16.1. The van der Waals surface area contributed by atoms with E-state index < -0.39 is 5.91 Å². The van der Waals surface area contributed by atoms with Crippen LogP contribution >= 0.6 is 0 Å². The average Bonchev–Trinajstić information content (AvgIpc) is 2.51. The van der Waals surface area contributed by atoms with Crippen molar-refractivity contribution >= 4 is 12.0 Å². The van der Waals surface area contributed by atoms with Gasteiger partial charge in [0.2, 0.25) is 0 Å². The lowest BCUT2D eigenvalue weighted by Gasteiger charge is -1.98. The van der Waals surface area contributed by atoms with E-state index in [2.05, 4.69) is 5.10 Å². The summed E-state index contributed by atoms with van der Waals surface area (Å²) in [6.45, 7) is 6.46. The maximum absolute atomic E-state index is 10.9. The number of nitriles is 1. The lowest BCUT2D eigenvalue weighted by molar-refractivity contribution is -0.114. The highest BCUT2D eigenvalue weighted by Gasteiger charge is 2.11. The van der Waals surface area contributed by atoms with E-state index in [1.165, 1.54) is 6.08 Å². The number of carbonyl (C=O) groups is 1. The zero-order valence-electron chi connectivity index (χ0n) is 9.61. The summed E-state index contributed by atoms with van der Waals surface area (Å²) in [6, 6.07) is 1.78. The molecule has 5 nitrogen and oxygen atoms in total. The Bertz CT molecular complexity index is 491. The molecule has 1 aromatic rings. The molecular weight excluding hydrogens is 204 g/mol. The van der Waals surface area contributed by atoms with Crippen molar-refractivity contribution in [2.75, 3.05) is 0 Å². The fourth-order valence-corrected chi connectivity index (χ4v) is 1.53. The first-order valence-corrected chi connectivity index (χ1v) is 4.96. The minimum Gasteiger partial charge on any atom is -0.365 e. The molecule has 0 spiro atoms. The van der Waals surface area contributed by atoms with E-state index in [0.717, 1.165) is 23.5 Å². The molecule has 2 N–H and O–H groups in total. The lowest BCUT2D eigenvalue weighted by Crippen LogP contribution is -2.12. The van der Waals surface area contributed by atoms with E-state index in [0.29, 0.717) is 0 Å². The summed E-state index contributed by atoms with van der Waals surface area (Å²) >= 11 is 0. The first kappa shape index (κ1) is 12.0. The number of hydrogen-bond donors (Lipinski definition) is 1. The van der Waals surface area contributed by atoms with Crippen molar-refractivity contribution in [3.8, 4) is 6.07 Å². The summed E-state index contributed by atoms with van der Waals surface area (Å²) in [4.78, 5) is 10.9. The molecule has 0 fully saturated rings. The SMILES string of the molecule is CCn1nc(C)c(/C=C(\C#N)C(N)=O)c1C. The fourth-order valence-electron chi connectivity index (χ4n) is 1.53. The summed E-state index contributed by atoms with van der Waals surface area (Å²) in [5, 5.41) is 13.0. The standard InChI is InChI=1S/C11H14N4O/c1-4-15-8(3)10(7(2)14-15)5-9(6-12)11(13)16/h5H,4H2,1-3H3,(H2,13,16)/b9-5+. The molecule has 1 rings (SSSR count). The van der Waals surface area contributed by atoms with Crippen molar-refractivity contribution in [2.45, 2.75) is 27.3 Å². The van der Waals surface area contributed by atoms with Crippen LogP contribution in [0.3, 0.4) is 0 Å². The van der Waals surface area contributed by atoms with Crippen molar-refractivity contribution in [3.63, 3.8) is 0 Å². The molecule has 16 heavy (non-hydrogen) atoms. The number of aryl methyl sites for hydroxylation is 2. The van der Waals surface area contributed by atoms with Crippen LogP contribution in [0.5, 0.6) is 0 Å². The van der Waals surface area contributed by atoms with E-state index in [4.69, 9.17) is 11.0 Å². The molecule has 0 atom stereocenters. The van der Waals surface area contributed by atoms with Crippen LogP contribution in [0.4, 0.5) is 0 Å². The van der Waals surface area contributed by atoms with Crippen LogP contribution in [0.1, 0.15) is 23.9 Å². The van der Waals surface area contributed by atoms with Gasteiger partial charge in [-0.05, 0) is 26.8 Å². The molecular formula is C11H14N4O. The van der Waals surface area contributed by atoms with Crippen LogP contribution < -0.4 is 5.73 Å². The second-order valence-corrected chi connectivity index (χ2v) is 3.43. The average molecular weight is 218 g/mol. The van der Waals surface area contributed by atoms with Gasteiger partial charge in [-0.2, -0.15) is 10.4 Å². The summed E-state index contributed by atoms with van der Waals surface area (Å²) in [6.07, 6.45) is 1.49. The molecule has 0 bridgehead atoms. The van der Waals surface area contributed by atoms with Crippen LogP contribution in [-0.2, 0) is 11.3 Å². The number of nitrogens with zero attached hydrogens (tertiary/aromatic N) is 3. The van der Waals surface area contributed by atoms with Crippen LogP contribution in [0.2, 0.25) is 0 Å². The molecule has 0 saturated carbocycles. The number of aromatic nitrogens is 2. The Balaban J connectivity index is 3.30. The molecule has 0 aliphatic carbocycles. The number of nitrogens with two attached hydrogens (primary N) is 1. The fraction of sp³-hybridized carbons (Fsp3) is 0.364. The third kappa shape index (κ3) is 2.11. The number of primary amides is 1. The van der Waals surface area contributed by atoms with Crippen molar-refractivity contribution in [1.29, 1.82) is 5.26 Å². The number of carbonyl (C=O) groups excluding carboxylic acids is 1. The molecule has 0 aromatic carbocycles. The van der Waals surface area contributed by atoms with Crippen LogP contribution in [0.15, 0.2) is 5.57 Å². The van der Waals surface area contributed by atoms with Gasteiger partial charge >= 0.3 is 0 Å². The summed E-state index contributed by atoms with van der Waals surface area (Å²) in [5.74, 6) is -0.717. The molecule has 5 heteroatoms. The molecule has 0 saturated heterocycles. The van der Waals surface area contributed by atoms with Crippen molar-refractivity contribution in [2.24, 2.45) is 5.73 Å². The van der Waals surface area contributed by atoms with Gasteiger partial charge in [-0.15, -0.1) is 0 Å². The quantitative estimate of drug-likeness (QED) is 0.604. The first-order valence-electron chi connectivity index (χ1n) is 4.96. The molecule has 84 valence electrons. The van der Waals surface area contributed by atoms with Gasteiger partial charge in [-0.1, -0.05) is 0 Å². The van der Waals surface area contributed by atoms with E-state index in [-0.39, 0.29) is 5.57 Å². The van der Waals surface area contributed by atoms with Gasteiger partial charge in [0.1, 0.15) is 11.6 Å². The normalized spacial score (nSPS) is 11.2. The van der Waals surface area contributed by atoms with Crippen molar-refractivity contribution in [3.05, 3.63) is 22.5 Å². The second kappa shape index (κ2) is 4.62. The Labute approximate surface area is 94.2 Å².